The van der Waals surface area contributed by atoms with Gasteiger partial charge >= 0.3 is 0 Å². The highest BCUT2D eigenvalue weighted by molar-refractivity contribution is 6.38. The molecule has 0 heterocycles. The fraction of sp³-hybridized carbons (Fsp3) is 0.778. The molecule has 78 valence electrons. The van der Waals surface area contributed by atoms with Gasteiger partial charge in [-0.1, -0.05) is 0 Å². The number of hydrogen-bond acceptors (Lipinski definition) is 4. The molecule has 14 heavy (non-hydrogen) atoms. The minimum Gasteiger partial charge on any atom is -0.291 e. The van der Waals surface area contributed by atoms with Crippen LogP contribution < -0.4 is 0 Å². The topological polar surface area (TPSA) is 77.3 Å². The number of nitro groups is 1. The highest BCUT2D eigenvalue weighted by Gasteiger charge is 2.32. The predicted octanol–water partition coefficient (Wildman–Crippen LogP) is 0.980. The van der Waals surface area contributed by atoms with Crippen LogP contribution in [-0.4, -0.2) is 22.5 Å². The van der Waals surface area contributed by atoms with Crippen LogP contribution in [0.15, 0.2) is 0 Å². The van der Waals surface area contributed by atoms with Gasteiger partial charge in [-0.15, -0.1) is 0 Å². The Morgan fingerprint density at radius 3 is 2.79 bits per heavy atom. The number of Topliss-reactive ketones (excluding diaryl/α,β-unsaturated/α-hetero) is 2. The monoisotopic (exact) mass is 199 g/mol. The Balaban J connectivity index is 2.55. The molecule has 2 atom stereocenters. The van der Waals surface area contributed by atoms with E-state index in [1.165, 1.54) is 6.92 Å². The molecule has 0 saturated heterocycles. The second-order valence-electron chi connectivity index (χ2n) is 3.75. The van der Waals surface area contributed by atoms with Crippen molar-refractivity contribution >= 4 is 11.6 Å². The summed E-state index contributed by atoms with van der Waals surface area (Å²) in [4.78, 5) is 32.3. The first kappa shape index (κ1) is 10.8. The molecule has 0 N–H and O–H groups in total. The van der Waals surface area contributed by atoms with E-state index < -0.39 is 22.7 Å². The van der Waals surface area contributed by atoms with Gasteiger partial charge in [0.2, 0.25) is 11.8 Å². The van der Waals surface area contributed by atoms with E-state index in [0.717, 1.165) is 0 Å². The van der Waals surface area contributed by atoms with Crippen LogP contribution in [0.25, 0.3) is 0 Å². The van der Waals surface area contributed by atoms with Crippen LogP contribution in [0.4, 0.5) is 0 Å². The summed E-state index contributed by atoms with van der Waals surface area (Å²) in [5.74, 6) is -1.20. The summed E-state index contributed by atoms with van der Waals surface area (Å²) >= 11 is 0. The van der Waals surface area contributed by atoms with E-state index in [0.29, 0.717) is 19.3 Å². The molecule has 1 aliphatic carbocycles. The average molecular weight is 199 g/mol. The van der Waals surface area contributed by atoms with Gasteiger partial charge in [-0.3, -0.25) is 19.7 Å². The third-order valence-electron chi connectivity index (χ3n) is 2.59. The van der Waals surface area contributed by atoms with Crippen molar-refractivity contribution in [3.05, 3.63) is 10.1 Å². The van der Waals surface area contributed by atoms with Crippen LogP contribution in [0.3, 0.4) is 0 Å². The lowest BCUT2D eigenvalue weighted by Gasteiger charge is -2.19. The summed E-state index contributed by atoms with van der Waals surface area (Å²) in [5.41, 5.74) is 0. The molecule has 0 amide bonds. The van der Waals surface area contributed by atoms with Gasteiger partial charge in [0, 0.05) is 30.6 Å². The summed E-state index contributed by atoms with van der Waals surface area (Å²) in [6, 6.07) is -0.741. The zero-order chi connectivity index (χ0) is 10.7. The molecule has 0 aromatic rings. The van der Waals surface area contributed by atoms with Crippen LogP contribution >= 0.6 is 0 Å². The smallest absolute Gasteiger partial charge is 0.211 e. The van der Waals surface area contributed by atoms with Crippen molar-refractivity contribution in [1.82, 2.24) is 0 Å². The van der Waals surface area contributed by atoms with Crippen LogP contribution in [0.2, 0.25) is 0 Å². The van der Waals surface area contributed by atoms with Crippen molar-refractivity contribution in [1.29, 1.82) is 0 Å². The van der Waals surface area contributed by atoms with Gasteiger partial charge in [-0.2, -0.15) is 0 Å². The third kappa shape index (κ3) is 2.37. The van der Waals surface area contributed by atoms with Crippen molar-refractivity contribution in [3.63, 3.8) is 0 Å². The predicted molar refractivity (Wildman–Crippen MR) is 48.4 cm³/mol. The van der Waals surface area contributed by atoms with Crippen molar-refractivity contribution in [3.8, 4) is 0 Å². The Morgan fingerprint density at radius 2 is 2.21 bits per heavy atom. The maximum absolute atomic E-state index is 11.3. The van der Waals surface area contributed by atoms with Crippen LogP contribution in [0.5, 0.6) is 0 Å². The van der Waals surface area contributed by atoms with Crippen molar-refractivity contribution in [2.75, 3.05) is 0 Å². The van der Waals surface area contributed by atoms with E-state index in [1.807, 2.05) is 0 Å². The maximum atomic E-state index is 11.3. The normalized spacial score (nSPS) is 24.8. The fourth-order valence-corrected chi connectivity index (χ4v) is 1.71. The van der Waals surface area contributed by atoms with E-state index in [-0.39, 0.29) is 12.2 Å². The fourth-order valence-electron chi connectivity index (χ4n) is 1.71. The first-order valence-corrected chi connectivity index (χ1v) is 4.73. The molecule has 1 saturated carbocycles. The maximum Gasteiger partial charge on any atom is 0.211 e. The zero-order valence-corrected chi connectivity index (χ0v) is 8.06. The highest BCUT2D eigenvalue weighted by Crippen LogP contribution is 2.23. The van der Waals surface area contributed by atoms with E-state index in [1.54, 1.807) is 0 Å². The average Bonchev–Trinajstić information content (AvgIpc) is 2.12. The van der Waals surface area contributed by atoms with Gasteiger partial charge in [0.05, 0.1) is 0 Å². The molecule has 1 aliphatic rings. The van der Waals surface area contributed by atoms with Gasteiger partial charge < -0.3 is 0 Å². The first-order chi connectivity index (χ1) is 6.52. The number of nitrogens with zero attached hydrogens (tertiary/aromatic N) is 1. The van der Waals surface area contributed by atoms with E-state index >= 15 is 0 Å². The molecular weight excluding hydrogens is 186 g/mol. The van der Waals surface area contributed by atoms with Crippen LogP contribution in [-0.2, 0) is 9.59 Å². The van der Waals surface area contributed by atoms with Gasteiger partial charge in [0.1, 0.15) is 0 Å². The number of carbonyl (C=O) groups excluding carboxylic acids is 2. The van der Waals surface area contributed by atoms with Gasteiger partial charge in [-0.25, -0.2) is 0 Å². The quantitative estimate of drug-likeness (QED) is 0.385. The summed E-state index contributed by atoms with van der Waals surface area (Å²) in [5, 5.41) is 10.4. The summed E-state index contributed by atoms with van der Waals surface area (Å²) in [6.07, 6.45) is 1.79. The molecule has 0 bridgehead atoms. The summed E-state index contributed by atoms with van der Waals surface area (Å²) in [6.45, 7) is 1.46. The van der Waals surface area contributed by atoms with Crippen molar-refractivity contribution in [2.24, 2.45) is 5.92 Å². The molecule has 5 heteroatoms. The molecular formula is C9H13NO4. The zero-order valence-electron chi connectivity index (χ0n) is 8.06. The van der Waals surface area contributed by atoms with Crippen molar-refractivity contribution in [2.45, 2.75) is 38.6 Å². The second kappa shape index (κ2) is 4.30. The minimum atomic E-state index is -0.741. The number of ketones is 2. The molecule has 0 radical (unpaired) electrons. The molecule has 0 spiro atoms. The van der Waals surface area contributed by atoms with Crippen LogP contribution in [0, 0.1) is 16.0 Å². The standard InChI is InChI=1S/C9H13NO4/c1-6(10(13)14)5-7-3-2-4-8(11)9(7)12/h6-7H,2-5H2,1H3. The van der Waals surface area contributed by atoms with Gasteiger partial charge in [-0.05, 0) is 12.8 Å². The van der Waals surface area contributed by atoms with Gasteiger partial charge in [0.15, 0.2) is 5.78 Å². The lowest BCUT2D eigenvalue weighted by Crippen LogP contribution is -2.32. The highest BCUT2D eigenvalue weighted by atomic mass is 16.6. The second-order valence-corrected chi connectivity index (χ2v) is 3.75. The Bertz CT molecular complexity index is 274. The number of rotatable bonds is 3. The minimum absolute atomic E-state index is 0.192. The Hall–Kier alpha value is -1.26. The van der Waals surface area contributed by atoms with Crippen LogP contribution in [0.1, 0.15) is 32.6 Å². The lowest BCUT2D eigenvalue weighted by atomic mass is 9.83. The van der Waals surface area contributed by atoms with E-state index in [4.69, 9.17) is 0 Å². The summed E-state index contributed by atoms with van der Waals surface area (Å²) < 4.78 is 0. The molecule has 0 aromatic heterocycles. The number of carbonyl (C=O) groups is 2. The van der Waals surface area contributed by atoms with Gasteiger partial charge in [0.25, 0.3) is 0 Å². The molecule has 1 fully saturated rings. The summed E-state index contributed by atoms with van der Waals surface area (Å²) in [7, 11) is 0. The molecule has 1 rings (SSSR count). The third-order valence-corrected chi connectivity index (χ3v) is 2.59. The molecule has 0 aromatic carbocycles. The molecule has 5 nitrogen and oxygen atoms in total. The van der Waals surface area contributed by atoms with E-state index in [9.17, 15) is 19.7 Å². The van der Waals surface area contributed by atoms with E-state index in [2.05, 4.69) is 0 Å². The SMILES string of the molecule is CC(CC1CCCC(=O)C1=O)[N+](=O)[O-]. The first-order valence-electron chi connectivity index (χ1n) is 4.73. The Morgan fingerprint density at radius 1 is 1.57 bits per heavy atom. The lowest BCUT2D eigenvalue weighted by molar-refractivity contribution is -0.519. The van der Waals surface area contributed by atoms with Crippen molar-refractivity contribution < 1.29 is 14.5 Å². The largest absolute Gasteiger partial charge is 0.291 e. The molecule has 0 aliphatic heterocycles. The molecule has 2 unspecified atom stereocenters. The Kier molecular flexibility index (Phi) is 3.33. The number of hydrogen-bond donors (Lipinski definition) is 0. The Labute approximate surface area is 81.6 Å².